The van der Waals surface area contributed by atoms with E-state index in [9.17, 15) is 0 Å². The molecule has 2 heterocycles. The Morgan fingerprint density at radius 2 is 2.20 bits per heavy atom. The summed E-state index contributed by atoms with van der Waals surface area (Å²) >= 11 is 1.71. The quantitative estimate of drug-likeness (QED) is 0.696. The van der Waals surface area contributed by atoms with Crippen LogP contribution in [0.1, 0.15) is 16.1 Å². The Morgan fingerprint density at radius 1 is 1.33 bits per heavy atom. The molecule has 0 atom stereocenters. The molecule has 2 nitrogen and oxygen atoms in total. The predicted molar refractivity (Wildman–Crippen MR) is 56.3 cm³/mol. The van der Waals surface area contributed by atoms with E-state index >= 15 is 0 Å². The smallest absolute Gasteiger partial charge is 0.115 e. The molecular weight excluding hydrogens is 281 g/mol. The van der Waals surface area contributed by atoms with Gasteiger partial charge in [-0.25, -0.2) is 4.98 Å². The van der Waals surface area contributed by atoms with Crippen molar-refractivity contribution in [3.8, 4) is 11.3 Å². The maximum absolute atomic E-state index is 4.37. The average Bonchev–Trinajstić information content (AvgIpc) is 2.66. The number of rotatable bonds is 0. The molecule has 0 saturated heterocycles. The second kappa shape index (κ2) is 4.40. The van der Waals surface area contributed by atoms with E-state index in [0.717, 1.165) is 24.2 Å². The molecule has 15 heavy (non-hydrogen) atoms. The third-order valence-electron chi connectivity index (χ3n) is 2.70. The number of hydrogen-bond acceptors (Lipinski definition) is 3. The van der Waals surface area contributed by atoms with Gasteiger partial charge >= 0.3 is 0 Å². The zero-order valence-corrected chi connectivity index (χ0v) is 12.1. The van der Waals surface area contributed by atoms with E-state index in [1.54, 1.807) is 17.7 Å². The van der Waals surface area contributed by atoms with E-state index in [1.165, 1.54) is 16.0 Å². The van der Waals surface area contributed by atoms with Gasteiger partial charge in [0.15, 0.2) is 0 Å². The molecule has 0 N–H and O–H groups in total. The molecule has 2 aromatic rings. The van der Waals surface area contributed by atoms with Crippen LogP contribution in [0.15, 0.2) is 12.4 Å². The molecule has 0 spiro atoms. The molecule has 0 saturated carbocycles. The second-order valence-electron chi connectivity index (χ2n) is 3.49. The molecule has 0 fully saturated rings. The summed E-state index contributed by atoms with van der Waals surface area (Å²) in [7, 11) is 0. The van der Waals surface area contributed by atoms with Crippen LogP contribution in [0.2, 0.25) is 0 Å². The van der Waals surface area contributed by atoms with Gasteiger partial charge in [0.05, 0.1) is 0 Å². The normalized spacial score (nSPS) is 12.6. The number of aryl methyl sites for hydroxylation is 2. The van der Waals surface area contributed by atoms with Crippen molar-refractivity contribution in [3.05, 3.63) is 33.9 Å². The maximum Gasteiger partial charge on any atom is 0.115 e. The molecule has 0 bridgehead atoms. The summed E-state index contributed by atoms with van der Waals surface area (Å²) in [6.07, 6.45) is 3.84. The van der Waals surface area contributed by atoms with Crippen molar-refractivity contribution in [1.82, 2.24) is 9.97 Å². The fourth-order valence-electron chi connectivity index (χ4n) is 1.95. The van der Waals surface area contributed by atoms with Crippen molar-refractivity contribution < 1.29 is 32.7 Å². The fourth-order valence-corrected chi connectivity index (χ4v) is 2.74. The molecule has 1 aliphatic carbocycles. The van der Waals surface area contributed by atoms with Crippen molar-refractivity contribution in [3.63, 3.8) is 0 Å². The van der Waals surface area contributed by atoms with Crippen LogP contribution in [-0.2, 0) is 45.6 Å². The Bertz CT molecular complexity index is 493. The first kappa shape index (κ1) is 11.4. The van der Waals surface area contributed by atoms with Crippen LogP contribution in [0.3, 0.4) is 0 Å². The third-order valence-corrected chi connectivity index (χ3v) is 3.61. The largest absolute Gasteiger partial charge is 0.300 e. The van der Waals surface area contributed by atoms with E-state index < -0.39 is 0 Å². The minimum Gasteiger partial charge on any atom is -0.300 e. The Morgan fingerprint density at radius 3 is 3.07 bits per heavy atom. The third kappa shape index (κ3) is 1.81. The van der Waals surface area contributed by atoms with Crippen molar-refractivity contribution in [2.75, 3.05) is 0 Å². The number of aromatic nitrogens is 2. The first-order valence-corrected chi connectivity index (χ1v) is 5.47. The summed E-state index contributed by atoms with van der Waals surface area (Å²) in [6.45, 7) is 2.06. The van der Waals surface area contributed by atoms with E-state index in [1.807, 2.05) is 6.07 Å². The first-order valence-electron chi connectivity index (χ1n) is 4.66. The SMILES string of the molecule is Cc1ncnc2c1CCc1s[c-]cc1-2.[Y]. The average molecular weight is 290 g/mol. The van der Waals surface area contributed by atoms with E-state index in [-0.39, 0.29) is 32.7 Å². The van der Waals surface area contributed by atoms with Gasteiger partial charge in [-0.3, -0.25) is 16.3 Å². The summed E-state index contributed by atoms with van der Waals surface area (Å²) in [5.41, 5.74) is 4.82. The fraction of sp³-hybridized carbons (Fsp3) is 0.273. The van der Waals surface area contributed by atoms with Gasteiger partial charge in [0, 0.05) is 44.1 Å². The Hall–Kier alpha value is -0.116. The molecule has 0 aliphatic heterocycles. The Kier molecular flexibility index (Phi) is 3.34. The van der Waals surface area contributed by atoms with Gasteiger partial charge in [-0.15, -0.1) is 15.8 Å². The topological polar surface area (TPSA) is 25.8 Å². The number of hydrogen-bond donors (Lipinski definition) is 0. The van der Waals surface area contributed by atoms with Crippen LogP contribution in [0.25, 0.3) is 11.3 Å². The maximum atomic E-state index is 4.37. The molecule has 0 aromatic carbocycles. The minimum atomic E-state index is 0. The number of nitrogens with zero attached hydrogens (tertiary/aromatic N) is 2. The van der Waals surface area contributed by atoms with Gasteiger partial charge in [-0.1, -0.05) is 6.42 Å². The zero-order chi connectivity index (χ0) is 9.54. The second-order valence-corrected chi connectivity index (χ2v) is 4.42. The Labute approximate surface area is 118 Å². The molecule has 1 radical (unpaired) electrons. The molecule has 0 amide bonds. The van der Waals surface area contributed by atoms with Crippen LogP contribution in [0.4, 0.5) is 0 Å². The number of fused-ring (bicyclic) bond motifs is 3. The summed E-state index contributed by atoms with van der Waals surface area (Å²) in [4.78, 5) is 10.0. The minimum absolute atomic E-state index is 0. The van der Waals surface area contributed by atoms with Gasteiger partial charge < -0.3 is 0 Å². The molecule has 73 valence electrons. The number of thiophene rings is 1. The molecule has 1 aliphatic rings. The van der Waals surface area contributed by atoms with E-state index in [4.69, 9.17) is 0 Å². The predicted octanol–water partition coefficient (Wildman–Crippen LogP) is 2.41. The van der Waals surface area contributed by atoms with Gasteiger partial charge in [-0.05, 0) is 18.9 Å². The molecular formula is C11H9N2SY-. The summed E-state index contributed by atoms with van der Waals surface area (Å²) in [5, 5.41) is 3.18. The van der Waals surface area contributed by atoms with Crippen molar-refractivity contribution in [2.45, 2.75) is 19.8 Å². The van der Waals surface area contributed by atoms with Crippen molar-refractivity contribution >= 4 is 11.3 Å². The summed E-state index contributed by atoms with van der Waals surface area (Å²) in [5.74, 6) is 0. The summed E-state index contributed by atoms with van der Waals surface area (Å²) < 4.78 is 0. The zero-order valence-electron chi connectivity index (χ0n) is 8.45. The van der Waals surface area contributed by atoms with Gasteiger partial charge in [0.2, 0.25) is 0 Å². The molecule has 0 unspecified atom stereocenters. The van der Waals surface area contributed by atoms with Crippen LogP contribution >= 0.6 is 11.3 Å². The van der Waals surface area contributed by atoms with Crippen molar-refractivity contribution in [2.24, 2.45) is 0 Å². The van der Waals surface area contributed by atoms with Crippen LogP contribution in [0, 0.1) is 12.3 Å². The summed E-state index contributed by atoms with van der Waals surface area (Å²) in [6, 6.07) is 2.05. The molecule has 2 aromatic heterocycles. The van der Waals surface area contributed by atoms with Crippen LogP contribution in [0.5, 0.6) is 0 Å². The van der Waals surface area contributed by atoms with Crippen molar-refractivity contribution in [1.29, 1.82) is 0 Å². The Balaban J connectivity index is 0.000000853. The van der Waals surface area contributed by atoms with Gasteiger partial charge in [-0.2, -0.15) is 6.07 Å². The van der Waals surface area contributed by atoms with Crippen LogP contribution in [-0.4, -0.2) is 9.97 Å². The van der Waals surface area contributed by atoms with Gasteiger partial charge in [0.1, 0.15) is 6.33 Å². The first-order chi connectivity index (χ1) is 6.86. The standard InChI is InChI=1S/C11H9N2S.Y/c1-7-8-2-3-10-9(4-5-14-10)11(8)13-6-12-7;/h4,6H,2-3H2,1H3;/q-1;. The molecule has 3 rings (SSSR count). The van der Waals surface area contributed by atoms with Gasteiger partial charge in [0.25, 0.3) is 0 Å². The monoisotopic (exact) mass is 290 g/mol. The van der Waals surface area contributed by atoms with Crippen LogP contribution < -0.4 is 0 Å². The van der Waals surface area contributed by atoms with E-state index in [2.05, 4.69) is 22.3 Å². The molecule has 4 heteroatoms. The van der Waals surface area contributed by atoms with E-state index in [0.29, 0.717) is 0 Å².